The number of hydrogen-bond donors (Lipinski definition) is 1. The van der Waals surface area contributed by atoms with Crippen LogP contribution in [0.5, 0.6) is 0 Å². The van der Waals surface area contributed by atoms with E-state index in [-0.39, 0.29) is 12.5 Å². The van der Waals surface area contributed by atoms with Crippen LogP contribution in [0.4, 0.5) is 0 Å². The van der Waals surface area contributed by atoms with Crippen LogP contribution >= 0.6 is 0 Å². The summed E-state index contributed by atoms with van der Waals surface area (Å²) in [7, 11) is 3.77. The van der Waals surface area contributed by atoms with E-state index >= 15 is 0 Å². The van der Waals surface area contributed by atoms with Gasteiger partial charge in [0.1, 0.15) is 6.54 Å². The summed E-state index contributed by atoms with van der Waals surface area (Å²) in [6.45, 7) is 2.67. The van der Waals surface area contributed by atoms with E-state index in [0.29, 0.717) is 19.5 Å². The first-order valence-electron chi connectivity index (χ1n) is 4.61. The average molecular weight is 202 g/mol. The minimum atomic E-state index is -0.967. The van der Waals surface area contributed by atoms with Crippen LogP contribution in [-0.4, -0.2) is 60.5 Å². The first-order valence-corrected chi connectivity index (χ1v) is 4.61. The third kappa shape index (κ3) is 5.53. The summed E-state index contributed by atoms with van der Waals surface area (Å²) in [6.07, 6.45) is 0.348. The summed E-state index contributed by atoms with van der Waals surface area (Å²) in [4.78, 5) is 25.0. The predicted octanol–water partition coefficient (Wildman–Crippen LogP) is -0.129. The van der Waals surface area contributed by atoms with Crippen molar-refractivity contribution in [2.75, 3.05) is 33.7 Å². The van der Waals surface area contributed by atoms with Gasteiger partial charge in [0.2, 0.25) is 5.91 Å². The molecule has 82 valence electrons. The van der Waals surface area contributed by atoms with Gasteiger partial charge >= 0.3 is 5.97 Å². The lowest BCUT2D eigenvalue weighted by Gasteiger charge is -2.21. The summed E-state index contributed by atoms with van der Waals surface area (Å²) in [5.41, 5.74) is 0. The van der Waals surface area contributed by atoms with E-state index in [1.807, 2.05) is 19.0 Å². The number of amides is 1. The van der Waals surface area contributed by atoms with Gasteiger partial charge < -0.3 is 14.9 Å². The average Bonchev–Trinajstić information content (AvgIpc) is 2.10. The van der Waals surface area contributed by atoms with E-state index in [2.05, 4.69) is 0 Å². The lowest BCUT2D eigenvalue weighted by Crippen LogP contribution is -2.39. The highest BCUT2D eigenvalue weighted by Gasteiger charge is 2.14. The van der Waals surface area contributed by atoms with Crippen molar-refractivity contribution in [3.8, 4) is 0 Å². The van der Waals surface area contributed by atoms with E-state index in [0.717, 1.165) is 0 Å². The fourth-order valence-electron chi connectivity index (χ4n) is 1.000. The van der Waals surface area contributed by atoms with E-state index < -0.39 is 5.97 Å². The number of rotatable bonds is 6. The Morgan fingerprint density at radius 2 is 1.79 bits per heavy atom. The zero-order valence-electron chi connectivity index (χ0n) is 8.99. The van der Waals surface area contributed by atoms with Crippen LogP contribution in [0.15, 0.2) is 0 Å². The van der Waals surface area contributed by atoms with Crippen LogP contribution in [0.2, 0.25) is 0 Å². The number of carboxylic acid groups (broad SMARTS) is 1. The summed E-state index contributed by atoms with van der Waals surface area (Å²) in [5, 5.41) is 8.59. The van der Waals surface area contributed by atoms with Crippen molar-refractivity contribution < 1.29 is 14.7 Å². The molecule has 0 aromatic heterocycles. The molecule has 0 aliphatic rings. The van der Waals surface area contributed by atoms with E-state index in [1.54, 1.807) is 6.92 Å². The second-order valence-electron chi connectivity index (χ2n) is 3.37. The number of nitrogens with zero attached hydrogens (tertiary/aromatic N) is 2. The second kappa shape index (κ2) is 6.37. The number of likely N-dealkylation sites (N-methyl/N-ethyl adjacent to an activating group) is 1. The van der Waals surface area contributed by atoms with Gasteiger partial charge in [0.15, 0.2) is 0 Å². The van der Waals surface area contributed by atoms with E-state index in [4.69, 9.17) is 5.11 Å². The molecule has 5 heteroatoms. The Morgan fingerprint density at radius 1 is 1.21 bits per heavy atom. The van der Waals surface area contributed by atoms with Gasteiger partial charge in [0, 0.05) is 19.5 Å². The van der Waals surface area contributed by atoms with E-state index in [9.17, 15) is 9.59 Å². The monoisotopic (exact) mass is 202 g/mol. The Bertz CT molecular complexity index is 204. The fourth-order valence-corrected chi connectivity index (χ4v) is 1.000. The molecule has 0 atom stereocenters. The maximum Gasteiger partial charge on any atom is 0.323 e. The number of aliphatic carboxylic acids is 1. The van der Waals surface area contributed by atoms with Gasteiger partial charge in [0.05, 0.1) is 0 Å². The summed E-state index contributed by atoms with van der Waals surface area (Å²) >= 11 is 0. The van der Waals surface area contributed by atoms with Crippen molar-refractivity contribution in [1.29, 1.82) is 0 Å². The van der Waals surface area contributed by atoms with Gasteiger partial charge in [-0.25, -0.2) is 0 Å². The highest BCUT2D eigenvalue weighted by Crippen LogP contribution is 1.94. The van der Waals surface area contributed by atoms with Crippen LogP contribution in [0, 0.1) is 0 Å². The minimum absolute atomic E-state index is 0.116. The van der Waals surface area contributed by atoms with Crippen molar-refractivity contribution >= 4 is 11.9 Å². The number of hydrogen-bond acceptors (Lipinski definition) is 3. The number of carboxylic acids is 1. The molecule has 14 heavy (non-hydrogen) atoms. The molecule has 0 fully saturated rings. The molecule has 0 unspecified atom stereocenters. The van der Waals surface area contributed by atoms with Crippen LogP contribution in [-0.2, 0) is 9.59 Å². The van der Waals surface area contributed by atoms with E-state index in [1.165, 1.54) is 4.90 Å². The molecule has 0 bridgehead atoms. The Hall–Kier alpha value is -1.10. The maximum atomic E-state index is 11.3. The van der Waals surface area contributed by atoms with Crippen molar-refractivity contribution in [3.05, 3.63) is 0 Å². The third-order valence-electron chi connectivity index (χ3n) is 1.80. The molecule has 5 nitrogen and oxygen atoms in total. The molecule has 0 heterocycles. The highest BCUT2D eigenvalue weighted by molar-refractivity contribution is 5.81. The Labute approximate surface area is 84.3 Å². The van der Waals surface area contributed by atoms with Crippen LogP contribution in [0.3, 0.4) is 0 Å². The van der Waals surface area contributed by atoms with Gasteiger partial charge in [-0.2, -0.15) is 0 Å². The molecular weight excluding hydrogens is 184 g/mol. The van der Waals surface area contributed by atoms with Gasteiger partial charge in [0.25, 0.3) is 0 Å². The van der Waals surface area contributed by atoms with Crippen molar-refractivity contribution in [2.45, 2.75) is 13.3 Å². The molecule has 0 aromatic rings. The highest BCUT2D eigenvalue weighted by atomic mass is 16.4. The molecule has 0 aromatic carbocycles. The second-order valence-corrected chi connectivity index (χ2v) is 3.37. The molecule has 1 amide bonds. The fraction of sp³-hybridized carbons (Fsp3) is 0.778. The van der Waals surface area contributed by atoms with Crippen LogP contribution in [0.25, 0.3) is 0 Å². The standard InChI is InChI=1S/C9H18N2O3/c1-4-8(12)11(7-9(13)14)6-5-10(2)3/h4-7H2,1-3H3,(H,13,14). The summed E-state index contributed by atoms with van der Waals surface area (Å²) < 4.78 is 0. The largest absolute Gasteiger partial charge is 0.480 e. The van der Waals surface area contributed by atoms with Gasteiger partial charge in [-0.1, -0.05) is 6.92 Å². The van der Waals surface area contributed by atoms with Gasteiger partial charge in [-0.3, -0.25) is 9.59 Å². The first kappa shape index (κ1) is 12.9. The normalized spacial score (nSPS) is 10.3. The first-order chi connectivity index (χ1) is 6.47. The predicted molar refractivity (Wildman–Crippen MR) is 53.1 cm³/mol. The van der Waals surface area contributed by atoms with Crippen LogP contribution < -0.4 is 0 Å². The zero-order valence-corrected chi connectivity index (χ0v) is 8.99. The number of carbonyl (C=O) groups is 2. The topological polar surface area (TPSA) is 60.9 Å². The molecule has 1 N–H and O–H groups in total. The summed E-state index contributed by atoms with van der Waals surface area (Å²) in [6, 6.07) is 0. The quantitative estimate of drug-likeness (QED) is 0.652. The van der Waals surface area contributed by atoms with Crippen LogP contribution in [0.1, 0.15) is 13.3 Å². The molecule has 0 aliphatic carbocycles. The third-order valence-corrected chi connectivity index (χ3v) is 1.80. The smallest absolute Gasteiger partial charge is 0.323 e. The Kier molecular flexibility index (Phi) is 5.87. The van der Waals surface area contributed by atoms with Gasteiger partial charge in [-0.15, -0.1) is 0 Å². The Balaban J connectivity index is 4.10. The molecule has 0 saturated heterocycles. The maximum absolute atomic E-state index is 11.3. The molecule has 0 aliphatic heterocycles. The van der Waals surface area contributed by atoms with Crippen molar-refractivity contribution in [1.82, 2.24) is 9.80 Å². The van der Waals surface area contributed by atoms with Crippen molar-refractivity contribution in [3.63, 3.8) is 0 Å². The van der Waals surface area contributed by atoms with Gasteiger partial charge in [-0.05, 0) is 14.1 Å². The molecular formula is C9H18N2O3. The number of carbonyl (C=O) groups excluding carboxylic acids is 1. The lowest BCUT2D eigenvalue weighted by atomic mass is 10.3. The molecule has 0 saturated carbocycles. The molecule has 0 rings (SSSR count). The zero-order chi connectivity index (χ0) is 11.1. The summed E-state index contributed by atoms with van der Waals surface area (Å²) in [5.74, 6) is -1.08. The SMILES string of the molecule is CCC(=O)N(CCN(C)C)CC(=O)O. The Morgan fingerprint density at radius 3 is 2.14 bits per heavy atom. The molecule has 0 spiro atoms. The minimum Gasteiger partial charge on any atom is -0.480 e. The lowest BCUT2D eigenvalue weighted by molar-refractivity contribution is -0.144. The van der Waals surface area contributed by atoms with Crippen molar-refractivity contribution in [2.24, 2.45) is 0 Å². The molecule has 0 radical (unpaired) electrons.